The van der Waals surface area contributed by atoms with E-state index in [0.29, 0.717) is 15.6 Å². The van der Waals surface area contributed by atoms with Gasteiger partial charge in [-0.3, -0.25) is 5.84 Å². The molecule has 106 valence electrons. The van der Waals surface area contributed by atoms with Crippen LogP contribution in [0.4, 0.5) is 8.78 Å². The number of benzene rings is 2. The van der Waals surface area contributed by atoms with E-state index in [9.17, 15) is 8.78 Å². The minimum absolute atomic E-state index is 0.142. The quantitative estimate of drug-likeness (QED) is 0.662. The standard InChI is InChI=1S/C14H13BrF2N2O/c1-20-13-5-2-8(6-12(13)17)14(19-18)10-7-9(16)3-4-11(10)15/h2-7,14,19H,18H2,1H3. The Morgan fingerprint density at radius 1 is 1.20 bits per heavy atom. The predicted octanol–water partition coefficient (Wildman–Crippen LogP) is 3.29. The Hall–Kier alpha value is -1.50. The highest BCUT2D eigenvalue weighted by Crippen LogP contribution is 2.30. The summed E-state index contributed by atoms with van der Waals surface area (Å²) in [5.41, 5.74) is 3.71. The molecule has 0 radical (unpaired) electrons. The van der Waals surface area contributed by atoms with E-state index in [0.717, 1.165) is 0 Å². The van der Waals surface area contributed by atoms with Crippen molar-refractivity contribution in [3.8, 4) is 5.75 Å². The van der Waals surface area contributed by atoms with Crippen molar-refractivity contribution in [3.05, 3.63) is 63.6 Å². The smallest absolute Gasteiger partial charge is 0.165 e. The van der Waals surface area contributed by atoms with Crippen molar-refractivity contribution in [2.24, 2.45) is 5.84 Å². The minimum atomic E-state index is -0.541. The second-order valence-electron chi connectivity index (χ2n) is 4.16. The van der Waals surface area contributed by atoms with Gasteiger partial charge in [-0.05, 0) is 41.5 Å². The molecule has 2 aromatic carbocycles. The number of hydrazine groups is 1. The van der Waals surface area contributed by atoms with Crippen molar-refractivity contribution >= 4 is 15.9 Å². The first kappa shape index (κ1) is 14.9. The van der Waals surface area contributed by atoms with Gasteiger partial charge in [-0.25, -0.2) is 14.2 Å². The lowest BCUT2D eigenvalue weighted by atomic mass is 9.99. The van der Waals surface area contributed by atoms with Gasteiger partial charge in [0.25, 0.3) is 0 Å². The summed E-state index contributed by atoms with van der Waals surface area (Å²) in [6.45, 7) is 0. The van der Waals surface area contributed by atoms with Crippen molar-refractivity contribution in [1.29, 1.82) is 0 Å². The highest BCUT2D eigenvalue weighted by molar-refractivity contribution is 9.10. The van der Waals surface area contributed by atoms with E-state index in [1.165, 1.54) is 31.4 Å². The van der Waals surface area contributed by atoms with Crippen LogP contribution in [0.1, 0.15) is 17.2 Å². The summed E-state index contributed by atoms with van der Waals surface area (Å²) < 4.78 is 32.7. The molecule has 2 aromatic rings. The summed E-state index contributed by atoms with van der Waals surface area (Å²) in [6.07, 6.45) is 0. The zero-order valence-corrected chi connectivity index (χ0v) is 12.2. The van der Waals surface area contributed by atoms with Gasteiger partial charge in [0.15, 0.2) is 11.6 Å². The van der Waals surface area contributed by atoms with Crippen LogP contribution in [0.5, 0.6) is 5.75 Å². The van der Waals surface area contributed by atoms with Crippen molar-refractivity contribution in [3.63, 3.8) is 0 Å². The number of hydrogen-bond acceptors (Lipinski definition) is 3. The maximum Gasteiger partial charge on any atom is 0.165 e. The molecule has 0 aromatic heterocycles. The lowest BCUT2D eigenvalue weighted by Gasteiger charge is -2.19. The average molecular weight is 343 g/mol. The molecule has 0 aliphatic carbocycles. The highest BCUT2D eigenvalue weighted by atomic mass is 79.9. The van der Waals surface area contributed by atoms with Crippen LogP contribution in [0, 0.1) is 11.6 Å². The molecule has 2 rings (SSSR count). The van der Waals surface area contributed by atoms with Crippen LogP contribution >= 0.6 is 15.9 Å². The van der Waals surface area contributed by atoms with Gasteiger partial charge >= 0.3 is 0 Å². The Labute approximate surface area is 123 Å². The molecule has 0 fully saturated rings. The molecule has 0 amide bonds. The molecule has 3 N–H and O–H groups in total. The molecule has 1 unspecified atom stereocenters. The van der Waals surface area contributed by atoms with E-state index >= 15 is 0 Å². The third-order valence-electron chi connectivity index (χ3n) is 2.94. The number of rotatable bonds is 4. The summed E-state index contributed by atoms with van der Waals surface area (Å²) in [4.78, 5) is 0. The number of methoxy groups -OCH3 is 1. The van der Waals surface area contributed by atoms with Gasteiger partial charge < -0.3 is 4.74 Å². The third-order valence-corrected chi connectivity index (χ3v) is 3.67. The van der Waals surface area contributed by atoms with Crippen LogP contribution in [-0.4, -0.2) is 7.11 Å². The van der Waals surface area contributed by atoms with Crippen LogP contribution in [0.3, 0.4) is 0 Å². The molecule has 0 saturated carbocycles. The number of ether oxygens (including phenoxy) is 1. The lowest BCUT2D eigenvalue weighted by molar-refractivity contribution is 0.385. The molecule has 0 spiro atoms. The van der Waals surface area contributed by atoms with Gasteiger partial charge in [0, 0.05) is 4.47 Å². The van der Waals surface area contributed by atoms with Crippen molar-refractivity contribution in [1.82, 2.24) is 5.43 Å². The first-order chi connectivity index (χ1) is 9.56. The third kappa shape index (κ3) is 2.98. The molecule has 0 saturated heterocycles. The molecule has 3 nitrogen and oxygen atoms in total. The molecule has 0 aliphatic heterocycles. The van der Waals surface area contributed by atoms with Crippen LogP contribution in [0.25, 0.3) is 0 Å². The normalized spacial score (nSPS) is 12.2. The Morgan fingerprint density at radius 3 is 2.55 bits per heavy atom. The summed E-state index contributed by atoms with van der Waals surface area (Å²) >= 11 is 3.34. The molecule has 0 heterocycles. The first-order valence-corrected chi connectivity index (χ1v) is 6.60. The van der Waals surface area contributed by atoms with Crippen LogP contribution in [0.2, 0.25) is 0 Å². The van der Waals surface area contributed by atoms with E-state index in [1.807, 2.05) is 0 Å². The van der Waals surface area contributed by atoms with Crippen LogP contribution in [-0.2, 0) is 0 Å². The van der Waals surface area contributed by atoms with E-state index in [1.54, 1.807) is 12.1 Å². The fourth-order valence-electron chi connectivity index (χ4n) is 1.96. The van der Waals surface area contributed by atoms with Crippen LogP contribution in [0.15, 0.2) is 40.9 Å². The average Bonchev–Trinajstić information content (AvgIpc) is 2.44. The van der Waals surface area contributed by atoms with E-state index in [-0.39, 0.29) is 5.75 Å². The van der Waals surface area contributed by atoms with Gasteiger partial charge in [0.2, 0.25) is 0 Å². The van der Waals surface area contributed by atoms with Crippen molar-refractivity contribution in [2.45, 2.75) is 6.04 Å². The van der Waals surface area contributed by atoms with Crippen molar-refractivity contribution in [2.75, 3.05) is 7.11 Å². The molecule has 0 aliphatic rings. The van der Waals surface area contributed by atoms with Crippen LogP contribution < -0.4 is 16.0 Å². The lowest BCUT2D eigenvalue weighted by Crippen LogP contribution is -2.29. The van der Waals surface area contributed by atoms with E-state index in [2.05, 4.69) is 21.4 Å². The summed E-state index contributed by atoms with van der Waals surface area (Å²) in [5, 5.41) is 0. The number of hydrogen-bond donors (Lipinski definition) is 2. The summed E-state index contributed by atoms with van der Waals surface area (Å²) in [6, 6.07) is 8.19. The second-order valence-corrected chi connectivity index (χ2v) is 5.01. The zero-order chi connectivity index (χ0) is 14.7. The number of nitrogens with two attached hydrogens (primary N) is 1. The molecule has 6 heteroatoms. The Balaban J connectivity index is 2.46. The van der Waals surface area contributed by atoms with Gasteiger partial charge in [-0.2, -0.15) is 0 Å². The predicted molar refractivity (Wildman–Crippen MR) is 76.2 cm³/mol. The first-order valence-electron chi connectivity index (χ1n) is 5.81. The van der Waals surface area contributed by atoms with Gasteiger partial charge in [0.1, 0.15) is 5.82 Å². The Bertz CT molecular complexity index is 622. The highest BCUT2D eigenvalue weighted by Gasteiger charge is 2.18. The van der Waals surface area contributed by atoms with Gasteiger partial charge in [-0.15, -0.1) is 0 Å². The minimum Gasteiger partial charge on any atom is -0.494 e. The van der Waals surface area contributed by atoms with E-state index in [4.69, 9.17) is 10.6 Å². The second kappa shape index (κ2) is 6.30. The summed E-state index contributed by atoms with van der Waals surface area (Å²) in [5.74, 6) is 4.78. The monoisotopic (exact) mass is 342 g/mol. The maximum absolute atomic E-state index is 13.8. The van der Waals surface area contributed by atoms with E-state index < -0.39 is 17.7 Å². The SMILES string of the molecule is COc1ccc(C(NN)c2cc(F)ccc2Br)cc1F. The fourth-order valence-corrected chi connectivity index (χ4v) is 2.44. The fraction of sp³-hybridized carbons (Fsp3) is 0.143. The van der Waals surface area contributed by atoms with Gasteiger partial charge in [-0.1, -0.05) is 22.0 Å². The number of nitrogens with one attached hydrogen (secondary N) is 1. The van der Waals surface area contributed by atoms with Crippen molar-refractivity contribution < 1.29 is 13.5 Å². The number of halogens is 3. The Kier molecular flexibility index (Phi) is 4.69. The molecular weight excluding hydrogens is 330 g/mol. The largest absolute Gasteiger partial charge is 0.494 e. The van der Waals surface area contributed by atoms with Gasteiger partial charge in [0.05, 0.1) is 13.2 Å². The Morgan fingerprint density at radius 2 is 1.95 bits per heavy atom. The summed E-state index contributed by atoms with van der Waals surface area (Å²) in [7, 11) is 1.39. The molecule has 0 bridgehead atoms. The topological polar surface area (TPSA) is 47.3 Å². The maximum atomic E-state index is 13.8. The molecule has 20 heavy (non-hydrogen) atoms. The molecule has 1 atom stereocenters. The molecular formula is C14H13BrF2N2O. The zero-order valence-electron chi connectivity index (χ0n) is 10.7.